The quantitative estimate of drug-likeness (QED) is 0.745. The van der Waals surface area contributed by atoms with Gasteiger partial charge in [0.1, 0.15) is 5.75 Å². The average molecular weight is 264 g/mol. The molecular formula is C10H12BrClO. The van der Waals surface area contributed by atoms with E-state index >= 15 is 0 Å². The van der Waals surface area contributed by atoms with Crippen LogP contribution in [0.1, 0.15) is 25.3 Å². The smallest absolute Gasteiger partial charge is 0.162 e. The summed E-state index contributed by atoms with van der Waals surface area (Å²) in [6.45, 7) is 4.26. The van der Waals surface area contributed by atoms with Crippen molar-refractivity contribution >= 4 is 27.5 Å². The zero-order valence-electron chi connectivity index (χ0n) is 7.68. The minimum atomic E-state index is 0.196. The largest absolute Gasteiger partial charge is 0.478 e. The van der Waals surface area contributed by atoms with E-state index in [2.05, 4.69) is 35.8 Å². The molecule has 13 heavy (non-hydrogen) atoms. The van der Waals surface area contributed by atoms with Crippen molar-refractivity contribution in [1.29, 1.82) is 0 Å². The summed E-state index contributed by atoms with van der Waals surface area (Å²) in [7, 11) is 0. The van der Waals surface area contributed by atoms with E-state index < -0.39 is 0 Å². The molecule has 1 rings (SSSR count). The van der Waals surface area contributed by atoms with Crippen LogP contribution in [0.15, 0.2) is 22.7 Å². The summed E-state index contributed by atoms with van der Waals surface area (Å²) in [5.74, 6) is 1.31. The minimum Gasteiger partial charge on any atom is -0.478 e. The molecule has 0 aliphatic rings. The van der Waals surface area contributed by atoms with Crippen LogP contribution < -0.4 is 4.74 Å². The Kier molecular flexibility index (Phi) is 4.07. The highest BCUT2D eigenvalue weighted by molar-refractivity contribution is 9.10. The fraction of sp³-hybridized carbons (Fsp3) is 0.400. The molecule has 0 aliphatic carbocycles. The molecule has 0 spiro atoms. The van der Waals surface area contributed by atoms with Gasteiger partial charge in [-0.25, -0.2) is 0 Å². The number of hydrogen-bond acceptors (Lipinski definition) is 1. The third-order valence-electron chi connectivity index (χ3n) is 1.80. The summed E-state index contributed by atoms with van der Waals surface area (Å²) >= 11 is 8.95. The number of alkyl halides is 1. The average Bonchev–Trinajstić information content (AvgIpc) is 2.08. The van der Waals surface area contributed by atoms with Gasteiger partial charge in [-0.05, 0) is 29.7 Å². The van der Waals surface area contributed by atoms with Crippen molar-refractivity contribution in [1.82, 2.24) is 0 Å². The first-order valence-electron chi connectivity index (χ1n) is 4.13. The highest BCUT2D eigenvalue weighted by atomic mass is 79.9. The number of benzene rings is 1. The van der Waals surface area contributed by atoms with Gasteiger partial charge in [0.15, 0.2) is 6.07 Å². The highest BCUT2D eigenvalue weighted by Crippen LogP contribution is 2.29. The van der Waals surface area contributed by atoms with Gasteiger partial charge in [0.05, 0.1) is 0 Å². The van der Waals surface area contributed by atoms with Crippen molar-refractivity contribution in [2.24, 2.45) is 0 Å². The van der Waals surface area contributed by atoms with E-state index in [1.165, 1.54) is 5.56 Å². The van der Waals surface area contributed by atoms with Gasteiger partial charge in [-0.1, -0.05) is 41.4 Å². The molecule has 0 saturated carbocycles. The second-order valence-corrected chi connectivity index (χ2v) is 4.22. The zero-order valence-corrected chi connectivity index (χ0v) is 10.0. The normalized spacial score (nSPS) is 10.5. The number of halogens is 2. The van der Waals surface area contributed by atoms with Crippen molar-refractivity contribution < 1.29 is 4.74 Å². The lowest BCUT2D eigenvalue weighted by atomic mass is 10.0. The van der Waals surface area contributed by atoms with Crippen LogP contribution in [0.5, 0.6) is 5.75 Å². The van der Waals surface area contributed by atoms with Crippen molar-refractivity contribution in [2.75, 3.05) is 6.07 Å². The lowest BCUT2D eigenvalue weighted by Crippen LogP contribution is -1.96. The van der Waals surface area contributed by atoms with Crippen LogP contribution >= 0.6 is 27.5 Å². The van der Waals surface area contributed by atoms with Gasteiger partial charge in [0.2, 0.25) is 0 Å². The first-order chi connectivity index (χ1) is 6.15. The number of hydrogen-bond donors (Lipinski definition) is 0. The lowest BCUT2D eigenvalue weighted by Gasteiger charge is -2.12. The fourth-order valence-corrected chi connectivity index (χ4v) is 1.66. The minimum absolute atomic E-state index is 0.196. The van der Waals surface area contributed by atoms with Gasteiger partial charge in [-0.3, -0.25) is 0 Å². The monoisotopic (exact) mass is 262 g/mol. The molecule has 0 aliphatic heterocycles. The van der Waals surface area contributed by atoms with E-state index in [1.54, 1.807) is 0 Å². The molecule has 0 saturated heterocycles. The Labute approximate surface area is 92.2 Å². The second-order valence-electron chi connectivity index (χ2n) is 3.09. The third-order valence-corrected chi connectivity index (χ3v) is 2.41. The van der Waals surface area contributed by atoms with Crippen LogP contribution in [0.25, 0.3) is 0 Å². The van der Waals surface area contributed by atoms with Crippen LogP contribution in [0, 0.1) is 0 Å². The Morgan fingerprint density at radius 1 is 1.46 bits per heavy atom. The summed E-state index contributed by atoms with van der Waals surface area (Å²) in [5.41, 5.74) is 1.18. The summed E-state index contributed by atoms with van der Waals surface area (Å²) in [6.07, 6.45) is 0. The van der Waals surface area contributed by atoms with Crippen LogP contribution in [-0.2, 0) is 0 Å². The van der Waals surface area contributed by atoms with Crippen molar-refractivity contribution in [3.05, 3.63) is 28.2 Å². The molecular weight excluding hydrogens is 251 g/mol. The van der Waals surface area contributed by atoms with Gasteiger partial charge in [0, 0.05) is 4.47 Å². The Hall–Kier alpha value is -0.210. The maximum atomic E-state index is 5.52. The maximum absolute atomic E-state index is 5.52. The molecule has 1 aromatic carbocycles. The van der Waals surface area contributed by atoms with E-state index in [1.807, 2.05) is 12.1 Å². The number of rotatable bonds is 3. The summed E-state index contributed by atoms with van der Waals surface area (Å²) < 4.78 is 6.37. The van der Waals surface area contributed by atoms with Crippen LogP contribution in [0.3, 0.4) is 0 Å². The predicted molar refractivity (Wildman–Crippen MR) is 59.6 cm³/mol. The van der Waals surface area contributed by atoms with E-state index in [4.69, 9.17) is 16.3 Å². The van der Waals surface area contributed by atoms with Gasteiger partial charge in [0.25, 0.3) is 0 Å². The van der Waals surface area contributed by atoms with Gasteiger partial charge < -0.3 is 4.74 Å². The topological polar surface area (TPSA) is 9.23 Å². The Bertz CT molecular complexity index is 286. The van der Waals surface area contributed by atoms with Crippen molar-refractivity contribution in [2.45, 2.75) is 19.8 Å². The summed E-state index contributed by atoms with van der Waals surface area (Å²) in [6, 6.07) is 6.14. The first-order valence-corrected chi connectivity index (χ1v) is 5.46. The molecule has 1 nitrogen and oxygen atoms in total. The van der Waals surface area contributed by atoms with Gasteiger partial charge in [-0.2, -0.15) is 0 Å². The SMILES string of the molecule is CC(C)c1cc(Br)ccc1OCCl. The summed E-state index contributed by atoms with van der Waals surface area (Å²) in [4.78, 5) is 0. The Morgan fingerprint density at radius 2 is 2.15 bits per heavy atom. The Balaban J connectivity index is 3.03. The molecule has 0 heterocycles. The maximum Gasteiger partial charge on any atom is 0.162 e. The van der Waals surface area contributed by atoms with E-state index in [0.29, 0.717) is 5.92 Å². The standard InChI is InChI=1S/C10H12BrClO/c1-7(2)9-5-8(11)3-4-10(9)13-6-12/h3-5,7H,6H2,1-2H3. The lowest BCUT2D eigenvalue weighted by molar-refractivity contribution is 0.381. The molecule has 0 fully saturated rings. The molecule has 0 amide bonds. The highest BCUT2D eigenvalue weighted by Gasteiger charge is 2.07. The van der Waals surface area contributed by atoms with E-state index in [9.17, 15) is 0 Å². The fourth-order valence-electron chi connectivity index (χ4n) is 1.16. The summed E-state index contributed by atoms with van der Waals surface area (Å²) in [5, 5.41) is 0. The van der Waals surface area contributed by atoms with Gasteiger partial charge in [-0.15, -0.1) is 0 Å². The molecule has 0 radical (unpaired) electrons. The van der Waals surface area contributed by atoms with Crippen molar-refractivity contribution in [3.8, 4) is 5.75 Å². The van der Waals surface area contributed by atoms with Crippen LogP contribution in [0.4, 0.5) is 0 Å². The Morgan fingerprint density at radius 3 is 2.69 bits per heavy atom. The zero-order chi connectivity index (χ0) is 9.84. The second kappa shape index (κ2) is 4.87. The molecule has 0 bridgehead atoms. The molecule has 72 valence electrons. The third kappa shape index (κ3) is 2.89. The van der Waals surface area contributed by atoms with E-state index in [0.717, 1.165) is 10.2 Å². The molecule has 3 heteroatoms. The van der Waals surface area contributed by atoms with Crippen LogP contribution in [-0.4, -0.2) is 6.07 Å². The van der Waals surface area contributed by atoms with Crippen LogP contribution in [0.2, 0.25) is 0 Å². The molecule has 0 aromatic heterocycles. The van der Waals surface area contributed by atoms with Gasteiger partial charge >= 0.3 is 0 Å². The molecule has 1 aromatic rings. The molecule has 0 N–H and O–H groups in total. The first kappa shape index (κ1) is 10.9. The van der Waals surface area contributed by atoms with Crippen molar-refractivity contribution in [3.63, 3.8) is 0 Å². The predicted octanol–water partition coefficient (Wildman–Crippen LogP) is 4.15. The number of ether oxygens (including phenoxy) is 1. The molecule has 0 unspecified atom stereocenters. The molecule has 0 atom stereocenters. The van der Waals surface area contributed by atoms with E-state index in [-0.39, 0.29) is 6.07 Å².